The summed E-state index contributed by atoms with van der Waals surface area (Å²) in [5.74, 6) is 1.62. The van der Waals surface area contributed by atoms with Crippen LogP contribution in [0.1, 0.15) is 45.6 Å². The fraction of sp³-hybridized carbons (Fsp3) is 0.778. The van der Waals surface area contributed by atoms with E-state index in [1.54, 1.807) is 6.20 Å². The minimum Gasteiger partial charge on any atom is -0.381 e. The molecule has 6 heteroatoms. The van der Waals surface area contributed by atoms with Crippen LogP contribution in [0, 0.1) is 11.8 Å². The van der Waals surface area contributed by atoms with Gasteiger partial charge < -0.3 is 15.0 Å². The van der Waals surface area contributed by atoms with E-state index in [-0.39, 0.29) is 11.8 Å². The molecule has 0 radical (unpaired) electrons. The first-order chi connectivity index (χ1) is 11.6. The van der Waals surface area contributed by atoms with E-state index >= 15 is 0 Å². The van der Waals surface area contributed by atoms with Crippen LogP contribution in [0.2, 0.25) is 0 Å². The molecule has 1 amide bonds. The van der Waals surface area contributed by atoms with E-state index in [0.29, 0.717) is 19.3 Å². The molecule has 24 heavy (non-hydrogen) atoms. The van der Waals surface area contributed by atoms with Gasteiger partial charge in [-0.05, 0) is 38.1 Å². The van der Waals surface area contributed by atoms with E-state index in [4.69, 9.17) is 4.74 Å². The van der Waals surface area contributed by atoms with E-state index in [2.05, 4.69) is 29.2 Å². The minimum atomic E-state index is -0.0220. The summed E-state index contributed by atoms with van der Waals surface area (Å²) in [5, 5.41) is 7.52. The van der Waals surface area contributed by atoms with Gasteiger partial charge in [-0.3, -0.25) is 4.79 Å². The van der Waals surface area contributed by atoms with Crippen molar-refractivity contribution in [1.29, 1.82) is 0 Å². The van der Waals surface area contributed by atoms with Crippen molar-refractivity contribution in [3.63, 3.8) is 0 Å². The molecule has 1 atom stereocenters. The zero-order chi connectivity index (χ0) is 16.9. The quantitative estimate of drug-likeness (QED) is 0.868. The molecule has 2 fully saturated rings. The summed E-state index contributed by atoms with van der Waals surface area (Å²) in [4.78, 5) is 14.9. The first-order valence-electron chi connectivity index (χ1n) is 9.28. The van der Waals surface area contributed by atoms with Gasteiger partial charge in [-0.15, -0.1) is 0 Å². The average molecular weight is 334 g/mol. The Labute approximate surface area is 144 Å². The van der Waals surface area contributed by atoms with Gasteiger partial charge >= 0.3 is 0 Å². The summed E-state index contributed by atoms with van der Waals surface area (Å²) < 4.78 is 7.31. The van der Waals surface area contributed by atoms with Crippen LogP contribution in [0.5, 0.6) is 0 Å². The van der Waals surface area contributed by atoms with Crippen molar-refractivity contribution in [3.05, 3.63) is 12.3 Å². The fourth-order valence-electron chi connectivity index (χ4n) is 3.50. The van der Waals surface area contributed by atoms with Gasteiger partial charge in [0.1, 0.15) is 5.82 Å². The van der Waals surface area contributed by atoms with Crippen LogP contribution in [0.4, 0.5) is 5.82 Å². The summed E-state index contributed by atoms with van der Waals surface area (Å²) in [6.45, 7) is 9.19. The van der Waals surface area contributed by atoms with E-state index in [1.165, 1.54) is 13.0 Å². The van der Waals surface area contributed by atoms with Gasteiger partial charge in [0.15, 0.2) is 0 Å². The molecule has 6 nitrogen and oxygen atoms in total. The van der Waals surface area contributed by atoms with Crippen LogP contribution in [0.25, 0.3) is 0 Å². The van der Waals surface area contributed by atoms with Crippen molar-refractivity contribution in [2.45, 2.75) is 45.6 Å². The van der Waals surface area contributed by atoms with Gasteiger partial charge in [-0.25, -0.2) is 4.68 Å². The summed E-state index contributed by atoms with van der Waals surface area (Å²) in [5.41, 5.74) is 0. The lowest BCUT2D eigenvalue weighted by Gasteiger charge is -2.33. The number of carbonyl (C=O) groups is 1. The number of nitrogens with zero attached hydrogens (tertiary/aromatic N) is 3. The van der Waals surface area contributed by atoms with Gasteiger partial charge in [0.2, 0.25) is 5.91 Å². The highest BCUT2D eigenvalue weighted by atomic mass is 16.5. The standard InChI is InChI=1S/C18H30N4O2/c1-14(2)4-9-21-10-5-16(6-11-21)22-17(3-8-19-22)20-18(23)15-7-12-24-13-15/h3,8,14-16H,4-7,9-13H2,1-2H3,(H,20,23)/t15-/m1/s1. The van der Waals surface area contributed by atoms with Crippen molar-refractivity contribution in [2.75, 3.05) is 38.2 Å². The molecule has 2 saturated heterocycles. The molecule has 3 heterocycles. The Morgan fingerprint density at radius 1 is 1.38 bits per heavy atom. The fourth-order valence-corrected chi connectivity index (χ4v) is 3.50. The van der Waals surface area contributed by atoms with Crippen LogP contribution < -0.4 is 5.32 Å². The lowest BCUT2D eigenvalue weighted by molar-refractivity contribution is -0.119. The van der Waals surface area contributed by atoms with Gasteiger partial charge in [0.25, 0.3) is 0 Å². The van der Waals surface area contributed by atoms with E-state index in [1.807, 2.05) is 10.7 Å². The maximum atomic E-state index is 12.3. The van der Waals surface area contributed by atoms with Crippen molar-refractivity contribution < 1.29 is 9.53 Å². The third kappa shape index (κ3) is 4.36. The minimum absolute atomic E-state index is 0.0220. The Morgan fingerprint density at radius 3 is 2.83 bits per heavy atom. The Kier molecular flexibility index (Phi) is 5.89. The van der Waals surface area contributed by atoms with Gasteiger partial charge in [0.05, 0.1) is 24.8 Å². The average Bonchev–Trinajstić information content (AvgIpc) is 3.25. The Bertz CT molecular complexity index is 529. The lowest BCUT2D eigenvalue weighted by atomic mass is 10.0. The molecule has 3 rings (SSSR count). The zero-order valence-electron chi connectivity index (χ0n) is 14.9. The number of ether oxygens (including phenoxy) is 1. The van der Waals surface area contributed by atoms with Crippen molar-refractivity contribution in [2.24, 2.45) is 11.8 Å². The first kappa shape index (κ1) is 17.4. The van der Waals surface area contributed by atoms with Gasteiger partial charge in [-0.2, -0.15) is 5.10 Å². The van der Waals surface area contributed by atoms with Gasteiger partial charge in [-0.1, -0.05) is 13.8 Å². The van der Waals surface area contributed by atoms with Crippen LogP contribution in [0.3, 0.4) is 0 Å². The van der Waals surface area contributed by atoms with Crippen LogP contribution in [-0.4, -0.2) is 53.4 Å². The normalized spacial score (nSPS) is 23.0. The summed E-state index contributed by atoms with van der Waals surface area (Å²) >= 11 is 0. The van der Waals surface area contributed by atoms with Crippen molar-refractivity contribution in [3.8, 4) is 0 Å². The molecule has 0 unspecified atom stereocenters. The van der Waals surface area contributed by atoms with E-state index in [0.717, 1.165) is 44.1 Å². The molecular weight excluding hydrogens is 304 g/mol. The predicted molar refractivity (Wildman–Crippen MR) is 93.9 cm³/mol. The Morgan fingerprint density at radius 2 is 2.17 bits per heavy atom. The molecular formula is C18H30N4O2. The number of anilines is 1. The number of piperidine rings is 1. The van der Waals surface area contributed by atoms with E-state index in [9.17, 15) is 4.79 Å². The number of carbonyl (C=O) groups excluding carboxylic acids is 1. The number of aromatic nitrogens is 2. The summed E-state index contributed by atoms with van der Waals surface area (Å²) in [6.07, 6.45) is 6.04. The van der Waals surface area contributed by atoms with Crippen molar-refractivity contribution >= 4 is 11.7 Å². The molecule has 1 aromatic heterocycles. The monoisotopic (exact) mass is 334 g/mol. The Balaban J connectivity index is 1.53. The number of likely N-dealkylation sites (tertiary alicyclic amines) is 1. The molecule has 2 aliphatic heterocycles. The van der Waals surface area contributed by atoms with Crippen LogP contribution in [-0.2, 0) is 9.53 Å². The molecule has 0 bridgehead atoms. The molecule has 0 aromatic carbocycles. The number of rotatable bonds is 6. The highest BCUT2D eigenvalue weighted by Crippen LogP contribution is 2.26. The maximum absolute atomic E-state index is 12.3. The second-order valence-corrected chi connectivity index (χ2v) is 7.47. The number of hydrogen-bond acceptors (Lipinski definition) is 4. The van der Waals surface area contributed by atoms with Crippen molar-refractivity contribution in [1.82, 2.24) is 14.7 Å². The lowest BCUT2D eigenvalue weighted by Crippen LogP contribution is -2.36. The molecule has 0 spiro atoms. The third-order valence-corrected chi connectivity index (χ3v) is 5.15. The second kappa shape index (κ2) is 8.12. The smallest absolute Gasteiger partial charge is 0.231 e. The Hall–Kier alpha value is -1.40. The second-order valence-electron chi connectivity index (χ2n) is 7.47. The van der Waals surface area contributed by atoms with Gasteiger partial charge in [0, 0.05) is 25.8 Å². The van der Waals surface area contributed by atoms with Crippen LogP contribution >= 0.6 is 0 Å². The molecule has 0 saturated carbocycles. The summed E-state index contributed by atoms with van der Waals surface area (Å²) in [6, 6.07) is 2.28. The topological polar surface area (TPSA) is 59.4 Å². The number of nitrogens with one attached hydrogen (secondary N) is 1. The largest absolute Gasteiger partial charge is 0.381 e. The molecule has 0 aliphatic carbocycles. The third-order valence-electron chi connectivity index (χ3n) is 5.15. The number of hydrogen-bond donors (Lipinski definition) is 1. The number of amides is 1. The molecule has 2 aliphatic rings. The zero-order valence-corrected chi connectivity index (χ0v) is 14.9. The highest BCUT2D eigenvalue weighted by molar-refractivity contribution is 5.92. The first-order valence-corrected chi connectivity index (χ1v) is 9.28. The molecule has 134 valence electrons. The molecule has 1 aromatic rings. The summed E-state index contributed by atoms with van der Waals surface area (Å²) in [7, 11) is 0. The highest BCUT2D eigenvalue weighted by Gasteiger charge is 2.26. The van der Waals surface area contributed by atoms with Crippen LogP contribution in [0.15, 0.2) is 12.3 Å². The maximum Gasteiger partial charge on any atom is 0.231 e. The predicted octanol–water partition coefficient (Wildman–Crippen LogP) is 2.54. The molecule has 1 N–H and O–H groups in total. The van der Waals surface area contributed by atoms with E-state index < -0.39 is 0 Å². The SMILES string of the molecule is CC(C)CCN1CCC(n2nccc2NC(=O)[C@@H]2CCOC2)CC1.